The first-order valence-corrected chi connectivity index (χ1v) is 6.63. The second kappa shape index (κ2) is 5.07. The van der Waals surface area contributed by atoms with Crippen LogP contribution in [0.25, 0.3) is 0 Å². The summed E-state index contributed by atoms with van der Waals surface area (Å²) in [6.07, 6.45) is 1.45. The van der Waals surface area contributed by atoms with Crippen LogP contribution in [0.15, 0.2) is 11.6 Å². The van der Waals surface area contributed by atoms with Gasteiger partial charge in [0.05, 0.1) is 10.7 Å². The van der Waals surface area contributed by atoms with Crippen molar-refractivity contribution in [2.45, 2.75) is 13.8 Å². The third kappa shape index (κ3) is 2.50. The van der Waals surface area contributed by atoms with E-state index in [1.54, 1.807) is 19.2 Å². The van der Waals surface area contributed by atoms with Gasteiger partial charge in [0, 0.05) is 11.9 Å². The molecule has 0 saturated heterocycles. The zero-order valence-corrected chi connectivity index (χ0v) is 11.8. The number of hydrogen-bond acceptors (Lipinski definition) is 3. The van der Waals surface area contributed by atoms with Crippen LogP contribution >= 0.6 is 22.9 Å². The summed E-state index contributed by atoms with van der Waals surface area (Å²) in [5, 5.41) is 13.8. The molecule has 2 rings (SSSR count). The minimum Gasteiger partial charge on any atom is -0.478 e. The summed E-state index contributed by atoms with van der Waals surface area (Å²) in [4.78, 5) is 26.3. The molecule has 3 N–H and O–H groups in total. The van der Waals surface area contributed by atoms with Gasteiger partial charge in [0.25, 0.3) is 5.91 Å². The molecule has 2 aromatic heterocycles. The van der Waals surface area contributed by atoms with Gasteiger partial charge in [-0.2, -0.15) is 0 Å². The molecule has 0 aliphatic heterocycles. The van der Waals surface area contributed by atoms with Crippen molar-refractivity contribution in [1.82, 2.24) is 4.98 Å². The Hall–Kier alpha value is -1.79. The molecule has 7 heteroatoms. The number of carboxylic acid groups (broad SMARTS) is 1. The van der Waals surface area contributed by atoms with Gasteiger partial charge < -0.3 is 15.4 Å². The Morgan fingerprint density at radius 2 is 2.11 bits per heavy atom. The lowest BCUT2D eigenvalue weighted by Gasteiger charge is -2.03. The Morgan fingerprint density at radius 3 is 2.63 bits per heavy atom. The summed E-state index contributed by atoms with van der Waals surface area (Å²) in [7, 11) is 0. The van der Waals surface area contributed by atoms with Gasteiger partial charge in [-0.15, -0.1) is 11.3 Å². The van der Waals surface area contributed by atoms with E-state index >= 15 is 0 Å². The van der Waals surface area contributed by atoms with Crippen LogP contribution in [0.4, 0.5) is 5.69 Å². The van der Waals surface area contributed by atoms with Crippen LogP contribution in [0.3, 0.4) is 0 Å². The second-order valence-corrected chi connectivity index (χ2v) is 5.28. The Morgan fingerprint density at radius 1 is 1.42 bits per heavy atom. The van der Waals surface area contributed by atoms with E-state index in [-0.39, 0.29) is 11.3 Å². The topological polar surface area (TPSA) is 82.2 Å². The highest BCUT2D eigenvalue weighted by atomic mass is 35.5. The van der Waals surface area contributed by atoms with Crippen molar-refractivity contribution in [2.24, 2.45) is 0 Å². The van der Waals surface area contributed by atoms with Crippen LogP contribution in [0.2, 0.25) is 5.02 Å². The Bertz CT molecular complexity index is 660. The molecular weight excluding hydrogens is 288 g/mol. The van der Waals surface area contributed by atoms with Gasteiger partial charge >= 0.3 is 5.97 Å². The zero-order chi connectivity index (χ0) is 14.2. The highest BCUT2D eigenvalue weighted by molar-refractivity contribution is 7.13. The third-order valence-corrected chi connectivity index (χ3v) is 4.34. The molecule has 100 valence electrons. The van der Waals surface area contributed by atoms with Crippen LogP contribution in [-0.2, 0) is 0 Å². The molecule has 0 aromatic carbocycles. The molecule has 5 nitrogen and oxygen atoms in total. The highest BCUT2D eigenvalue weighted by Crippen LogP contribution is 2.28. The molecule has 0 atom stereocenters. The molecule has 0 aliphatic rings. The van der Waals surface area contributed by atoms with Gasteiger partial charge in [-0.25, -0.2) is 4.79 Å². The lowest BCUT2D eigenvalue weighted by atomic mass is 10.2. The Labute approximate surface area is 118 Å². The number of aryl methyl sites for hydroxylation is 2. The summed E-state index contributed by atoms with van der Waals surface area (Å²) >= 11 is 7.23. The molecular formula is C12H11ClN2O3S. The van der Waals surface area contributed by atoms with Crippen LogP contribution < -0.4 is 5.32 Å². The summed E-state index contributed by atoms with van der Waals surface area (Å²) < 4.78 is 0. The average molecular weight is 299 g/mol. The SMILES string of the molecule is Cc1csc(C(=O)Nc2c[nH]c(C)c2C(=O)O)c1Cl. The fourth-order valence-electron chi connectivity index (χ4n) is 1.66. The standard InChI is InChI=1S/C12H11ClN2O3S/c1-5-4-19-10(9(5)13)11(16)15-7-3-14-6(2)8(7)12(17)18/h3-4,14H,1-2H3,(H,15,16)(H,17,18). The van der Waals surface area contributed by atoms with E-state index in [0.29, 0.717) is 15.6 Å². The lowest BCUT2D eigenvalue weighted by molar-refractivity contribution is 0.0697. The third-order valence-electron chi connectivity index (χ3n) is 2.64. The van der Waals surface area contributed by atoms with E-state index in [2.05, 4.69) is 10.3 Å². The number of hydrogen-bond donors (Lipinski definition) is 3. The number of aromatic amines is 1. The molecule has 0 bridgehead atoms. The molecule has 0 aliphatic carbocycles. The van der Waals surface area contributed by atoms with Crippen LogP contribution in [0.5, 0.6) is 0 Å². The maximum absolute atomic E-state index is 12.0. The van der Waals surface area contributed by atoms with Crippen LogP contribution in [0, 0.1) is 13.8 Å². The minimum absolute atomic E-state index is 0.0535. The number of carbonyl (C=O) groups excluding carboxylic acids is 1. The number of aromatic carboxylic acids is 1. The quantitative estimate of drug-likeness (QED) is 0.813. The van der Waals surface area contributed by atoms with Gasteiger partial charge in [0.2, 0.25) is 0 Å². The van der Waals surface area contributed by atoms with Gasteiger partial charge in [-0.05, 0) is 24.8 Å². The maximum atomic E-state index is 12.0. The normalized spacial score (nSPS) is 10.5. The first-order chi connectivity index (χ1) is 8.91. The first-order valence-electron chi connectivity index (χ1n) is 5.38. The molecule has 2 heterocycles. The summed E-state index contributed by atoms with van der Waals surface area (Å²) in [6, 6.07) is 0. The summed E-state index contributed by atoms with van der Waals surface area (Å²) in [5.41, 5.74) is 1.59. The number of thiophene rings is 1. The van der Waals surface area contributed by atoms with E-state index in [0.717, 1.165) is 5.56 Å². The molecule has 0 fully saturated rings. The Balaban J connectivity index is 2.30. The summed E-state index contributed by atoms with van der Waals surface area (Å²) in [5.74, 6) is -1.51. The first kappa shape index (κ1) is 13.6. The monoisotopic (exact) mass is 298 g/mol. The molecule has 2 aromatic rings. The van der Waals surface area contributed by atoms with E-state index in [1.807, 2.05) is 0 Å². The van der Waals surface area contributed by atoms with Crippen molar-refractivity contribution in [3.8, 4) is 0 Å². The number of nitrogens with one attached hydrogen (secondary N) is 2. The Kier molecular flexibility index (Phi) is 3.64. The lowest BCUT2D eigenvalue weighted by Crippen LogP contribution is -2.13. The van der Waals surface area contributed by atoms with E-state index in [1.165, 1.54) is 17.5 Å². The number of carbonyl (C=O) groups is 2. The predicted octanol–water partition coefficient (Wildman–Crippen LogP) is 3.30. The highest BCUT2D eigenvalue weighted by Gasteiger charge is 2.20. The molecule has 0 spiro atoms. The largest absolute Gasteiger partial charge is 0.478 e. The number of aromatic nitrogens is 1. The van der Waals surface area contributed by atoms with Gasteiger partial charge in [-0.3, -0.25) is 4.79 Å². The van der Waals surface area contributed by atoms with Gasteiger partial charge in [-0.1, -0.05) is 11.6 Å². The number of H-pyrrole nitrogens is 1. The molecule has 0 radical (unpaired) electrons. The number of amides is 1. The van der Waals surface area contributed by atoms with E-state index < -0.39 is 11.9 Å². The molecule has 0 saturated carbocycles. The smallest absolute Gasteiger partial charge is 0.339 e. The molecule has 19 heavy (non-hydrogen) atoms. The zero-order valence-electron chi connectivity index (χ0n) is 10.2. The van der Waals surface area contributed by atoms with Crippen molar-refractivity contribution >= 4 is 40.5 Å². The number of anilines is 1. The fourth-order valence-corrected chi connectivity index (χ4v) is 2.84. The molecule has 1 amide bonds. The number of carboxylic acids is 1. The minimum atomic E-state index is -1.09. The fraction of sp³-hybridized carbons (Fsp3) is 0.167. The van der Waals surface area contributed by atoms with E-state index in [9.17, 15) is 9.59 Å². The van der Waals surface area contributed by atoms with Crippen molar-refractivity contribution in [3.05, 3.63) is 38.3 Å². The van der Waals surface area contributed by atoms with Crippen LogP contribution in [0.1, 0.15) is 31.3 Å². The van der Waals surface area contributed by atoms with Crippen molar-refractivity contribution < 1.29 is 14.7 Å². The average Bonchev–Trinajstić information content (AvgIpc) is 2.84. The number of rotatable bonds is 3. The van der Waals surface area contributed by atoms with Gasteiger partial charge in [0.15, 0.2) is 0 Å². The predicted molar refractivity (Wildman–Crippen MR) is 74.5 cm³/mol. The summed E-state index contributed by atoms with van der Waals surface area (Å²) in [6.45, 7) is 3.43. The van der Waals surface area contributed by atoms with Gasteiger partial charge in [0.1, 0.15) is 10.4 Å². The van der Waals surface area contributed by atoms with Crippen molar-refractivity contribution in [1.29, 1.82) is 0 Å². The second-order valence-electron chi connectivity index (χ2n) is 4.02. The molecule has 0 unspecified atom stereocenters. The maximum Gasteiger partial charge on any atom is 0.339 e. The number of halogens is 1. The van der Waals surface area contributed by atoms with Crippen LogP contribution in [-0.4, -0.2) is 22.0 Å². The van der Waals surface area contributed by atoms with E-state index in [4.69, 9.17) is 16.7 Å². The van der Waals surface area contributed by atoms with Crippen molar-refractivity contribution in [2.75, 3.05) is 5.32 Å². The van der Waals surface area contributed by atoms with Crippen molar-refractivity contribution in [3.63, 3.8) is 0 Å².